The SMILES string of the molecule is Cc1ccc(S(C)(=O)=O)cc1C(=O)NC1(CN)CCCC1. The number of rotatable bonds is 4. The summed E-state index contributed by atoms with van der Waals surface area (Å²) in [5.41, 5.74) is 6.63. The van der Waals surface area contributed by atoms with E-state index in [9.17, 15) is 13.2 Å². The van der Waals surface area contributed by atoms with Gasteiger partial charge in [-0.2, -0.15) is 0 Å². The molecule has 0 heterocycles. The number of amides is 1. The molecule has 1 aromatic rings. The Labute approximate surface area is 125 Å². The number of benzene rings is 1. The summed E-state index contributed by atoms with van der Waals surface area (Å²) in [6.07, 6.45) is 5.00. The largest absolute Gasteiger partial charge is 0.345 e. The molecule has 1 saturated carbocycles. The molecule has 0 aromatic heterocycles. The van der Waals surface area contributed by atoms with Crippen molar-refractivity contribution in [2.24, 2.45) is 5.73 Å². The van der Waals surface area contributed by atoms with E-state index in [4.69, 9.17) is 5.73 Å². The summed E-state index contributed by atoms with van der Waals surface area (Å²) in [6, 6.07) is 4.63. The lowest BCUT2D eigenvalue weighted by atomic mass is 9.96. The first-order valence-electron chi connectivity index (χ1n) is 7.11. The summed E-state index contributed by atoms with van der Waals surface area (Å²) in [5.74, 6) is -0.245. The second-order valence-electron chi connectivity index (χ2n) is 5.89. The maximum absolute atomic E-state index is 12.5. The topological polar surface area (TPSA) is 89.3 Å². The number of nitrogens with one attached hydrogen (secondary N) is 1. The molecule has 0 radical (unpaired) electrons. The van der Waals surface area contributed by atoms with Crippen molar-refractivity contribution in [3.8, 4) is 0 Å². The molecule has 1 aromatic carbocycles. The van der Waals surface area contributed by atoms with E-state index < -0.39 is 9.84 Å². The van der Waals surface area contributed by atoms with Gasteiger partial charge in [-0.15, -0.1) is 0 Å². The Hall–Kier alpha value is -1.40. The van der Waals surface area contributed by atoms with E-state index in [1.807, 2.05) is 0 Å². The minimum Gasteiger partial charge on any atom is -0.345 e. The van der Waals surface area contributed by atoms with Crippen LogP contribution in [0, 0.1) is 6.92 Å². The lowest BCUT2D eigenvalue weighted by Gasteiger charge is -2.29. The average Bonchev–Trinajstić information content (AvgIpc) is 2.87. The highest BCUT2D eigenvalue weighted by Gasteiger charge is 2.34. The van der Waals surface area contributed by atoms with Crippen molar-refractivity contribution in [1.82, 2.24) is 5.32 Å². The molecule has 116 valence electrons. The van der Waals surface area contributed by atoms with Crippen LogP contribution >= 0.6 is 0 Å². The maximum Gasteiger partial charge on any atom is 0.252 e. The van der Waals surface area contributed by atoms with Crippen molar-refractivity contribution >= 4 is 15.7 Å². The van der Waals surface area contributed by atoms with Crippen LogP contribution in [0.15, 0.2) is 23.1 Å². The third-order valence-electron chi connectivity index (χ3n) is 4.21. The van der Waals surface area contributed by atoms with Gasteiger partial charge in [0, 0.05) is 18.4 Å². The van der Waals surface area contributed by atoms with Gasteiger partial charge >= 0.3 is 0 Å². The molecule has 1 amide bonds. The van der Waals surface area contributed by atoms with E-state index in [0.717, 1.165) is 37.5 Å². The van der Waals surface area contributed by atoms with Gasteiger partial charge in [0.15, 0.2) is 9.84 Å². The molecular weight excluding hydrogens is 288 g/mol. The lowest BCUT2D eigenvalue weighted by molar-refractivity contribution is 0.0902. The smallest absolute Gasteiger partial charge is 0.252 e. The van der Waals surface area contributed by atoms with Crippen molar-refractivity contribution < 1.29 is 13.2 Å². The molecule has 5 nitrogen and oxygen atoms in total. The Bertz CT molecular complexity index is 647. The molecular formula is C15H22N2O3S. The first-order valence-corrected chi connectivity index (χ1v) is 9.00. The van der Waals surface area contributed by atoms with Crippen molar-refractivity contribution in [3.63, 3.8) is 0 Å². The van der Waals surface area contributed by atoms with Gasteiger partial charge < -0.3 is 11.1 Å². The second-order valence-corrected chi connectivity index (χ2v) is 7.91. The van der Waals surface area contributed by atoms with Gasteiger partial charge in [0.25, 0.3) is 5.91 Å². The van der Waals surface area contributed by atoms with Crippen LogP contribution in [0.3, 0.4) is 0 Å². The minimum absolute atomic E-state index is 0.159. The van der Waals surface area contributed by atoms with Gasteiger partial charge in [0.2, 0.25) is 0 Å². The number of hydrogen-bond acceptors (Lipinski definition) is 4. The highest BCUT2D eigenvalue weighted by Crippen LogP contribution is 2.29. The van der Waals surface area contributed by atoms with Crippen molar-refractivity contribution in [2.75, 3.05) is 12.8 Å². The van der Waals surface area contributed by atoms with Crippen LogP contribution < -0.4 is 11.1 Å². The fourth-order valence-electron chi connectivity index (χ4n) is 2.82. The van der Waals surface area contributed by atoms with Gasteiger partial charge in [-0.05, 0) is 37.5 Å². The standard InChI is InChI=1S/C15H22N2O3S/c1-11-5-6-12(21(2,19)20)9-13(11)14(18)17-15(10-16)7-3-4-8-15/h5-6,9H,3-4,7-8,10,16H2,1-2H3,(H,17,18). The number of hydrogen-bond donors (Lipinski definition) is 2. The van der Waals surface area contributed by atoms with Gasteiger partial charge in [-0.25, -0.2) is 8.42 Å². The fraction of sp³-hybridized carbons (Fsp3) is 0.533. The van der Waals surface area contributed by atoms with Crippen LogP contribution in [0.25, 0.3) is 0 Å². The quantitative estimate of drug-likeness (QED) is 0.879. The minimum atomic E-state index is -3.33. The lowest BCUT2D eigenvalue weighted by Crippen LogP contribution is -2.51. The second kappa shape index (κ2) is 5.77. The summed E-state index contributed by atoms with van der Waals surface area (Å²) >= 11 is 0. The van der Waals surface area contributed by atoms with Crippen LogP contribution in [-0.2, 0) is 9.84 Å². The average molecular weight is 310 g/mol. The third-order valence-corrected chi connectivity index (χ3v) is 5.32. The van der Waals surface area contributed by atoms with E-state index in [1.165, 1.54) is 12.1 Å². The molecule has 1 aliphatic rings. The molecule has 1 aliphatic carbocycles. The van der Waals surface area contributed by atoms with E-state index in [0.29, 0.717) is 12.1 Å². The maximum atomic E-state index is 12.5. The summed E-state index contributed by atoms with van der Waals surface area (Å²) in [6.45, 7) is 2.20. The number of sulfone groups is 1. The molecule has 0 bridgehead atoms. The molecule has 21 heavy (non-hydrogen) atoms. The molecule has 1 fully saturated rings. The molecule has 0 spiro atoms. The van der Waals surface area contributed by atoms with Gasteiger partial charge in [-0.3, -0.25) is 4.79 Å². The summed E-state index contributed by atoms with van der Waals surface area (Å²) in [7, 11) is -3.33. The monoisotopic (exact) mass is 310 g/mol. The molecule has 0 aliphatic heterocycles. The van der Waals surface area contributed by atoms with Crippen LogP contribution in [0.1, 0.15) is 41.6 Å². The van der Waals surface area contributed by atoms with Crippen LogP contribution in [-0.4, -0.2) is 32.7 Å². The van der Waals surface area contributed by atoms with Crippen molar-refractivity contribution in [1.29, 1.82) is 0 Å². The zero-order valence-corrected chi connectivity index (χ0v) is 13.3. The van der Waals surface area contributed by atoms with E-state index in [2.05, 4.69) is 5.32 Å². The Morgan fingerprint density at radius 2 is 1.95 bits per heavy atom. The summed E-state index contributed by atoms with van der Waals surface area (Å²) in [5, 5.41) is 3.02. The van der Waals surface area contributed by atoms with Crippen molar-refractivity contribution in [2.45, 2.75) is 43.0 Å². The Morgan fingerprint density at radius 1 is 1.33 bits per heavy atom. The fourth-order valence-corrected chi connectivity index (χ4v) is 3.46. The summed E-state index contributed by atoms with van der Waals surface area (Å²) in [4.78, 5) is 12.7. The normalized spacial score (nSPS) is 17.7. The molecule has 0 saturated heterocycles. The number of carbonyl (C=O) groups is 1. The van der Waals surface area contributed by atoms with Gasteiger partial charge in [-0.1, -0.05) is 18.9 Å². The first kappa shape index (κ1) is 16.0. The van der Waals surface area contributed by atoms with Gasteiger partial charge in [0.1, 0.15) is 0 Å². The molecule has 2 rings (SSSR count). The van der Waals surface area contributed by atoms with Crippen LogP contribution in [0.4, 0.5) is 0 Å². The molecule has 6 heteroatoms. The number of carbonyl (C=O) groups excluding carboxylic acids is 1. The predicted octanol–water partition coefficient (Wildman–Crippen LogP) is 1.40. The Balaban J connectivity index is 2.31. The zero-order chi connectivity index (χ0) is 15.7. The van der Waals surface area contributed by atoms with Gasteiger partial charge in [0.05, 0.1) is 10.4 Å². The van der Waals surface area contributed by atoms with E-state index in [-0.39, 0.29) is 16.3 Å². The van der Waals surface area contributed by atoms with Crippen molar-refractivity contribution in [3.05, 3.63) is 29.3 Å². The predicted molar refractivity (Wildman–Crippen MR) is 82.0 cm³/mol. The highest BCUT2D eigenvalue weighted by atomic mass is 32.2. The van der Waals surface area contributed by atoms with E-state index >= 15 is 0 Å². The highest BCUT2D eigenvalue weighted by molar-refractivity contribution is 7.90. The third kappa shape index (κ3) is 3.44. The van der Waals surface area contributed by atoms with Crippen LogP contribution in [0.2, 0.25) is 0 Å². The van der Waals surface area contributed by atoms with E-state index in [1.54, 1.807) is 13.0 Å². The molecule has 3 N–H and O–H groups in total. The zero-order valence-electron chi connectivity index (χ0n) is 12.5. The Morgan fingerprint density at radius 3 is 2.48 bits per heavy atom. The summed E-state index contributed by atoms with van der Waals surface area (Å²) < 4.78 is 23.3. The van der Waals surface area contributed by atoms with Crippen LogP contribution in [0.5, 0.6) is 0 Å². The number of aryl methyl sites for hydroxylation is 1. The molecule has 0 unspecified atom stereocenters. The number of nitrogens with two attached hydrogens (primary N) is 1. The Kier molecular flexibility index (Phi) is 4.39. The molecule has 0 atom stereocenters. The first-order chi connectivity index (χ1) is 9.77.